The summed E-state index contributed by atoms with van der Waals surface area (Å²) >= 11 is 0. The van der Waals surface area contributed by atoms with Crippen molar-refractivity contribution in [3.8, 4) is 28.4 Å². The minimum Gasteiger partial charge on any atom is -0.494 e. The summed E-state index contributed by atoms with van der Waals surface area (Å²) in [7, 11) is 3.66. The maximum atomic E-state index is 13.7. The number of carbonyl (C=O) groups is 2. The lowest BCUT2D eigenvalue weighted by atomic mass is 10.1. The number of aromatic nitrogens is 4. The van der Waals surface area contributed by atoms with Crippen LogP contribution < -0.4 is 15.8 Å². The third kappa shape index (κ3) is 4.66. The molecule has 0 spiro atoms. The zero-order valence-corrected chi connectivity index (χ0v) is 25.8. The first-order chi connectivity index (χ1) is 21.8. The Morgan fingerprint density at radius 2 is 1.87 bits per heavy atom. The summed E-state index contributed by atoms with van der Waals surface area (Å²) in [6, 6.07) is 16.4. The molecule has 10 heteroatoms. The van der Waals surface area contributed by atoms with Crippen molar-refractivity contribution in [2.45, 2.75) is 51.2 Å². The van der Waals surface area contributed by atoms with Gasteiger partial charge in [0.05, 0.1) is 18.3 Å². The van der Waals surface area contributed by atoms with Crippen LogP contribution in [0.5, 0.6) is 5.75 Å². The molecule has 2 aromatic carbocycles. The van der Waals surface area contributed by atoms with Gasteiger partial charge in [0, 0.05) is 67.4 Å². The maximum absolute atomic E-state index is 13.7. The predicted octanol–water partition coefficient (Wildman–Crippen LogP) is 5.20. The molecule has 4 heterocycles. The zero-order valence-electron chi connectivity index (χ0n) is 25.8. The average molecular weight is 604 g/mol. The molecule has 3 aromatic heterocycles. The lowest BCUT2D eigenvalue weighted by Gasteiger charge is -2.27. The highest BCUT2D eigenvalue weighted by Crippen LogP contribution is 2.40. The van der Waals surface area contributed by atoms with E-state index in [0.717, 1.165) is 70.5 Å². The number of nitrogens with one attached hydrogen (secondary N) is 1. The second-order valence-electron chi connectivity index (χ2n) is 13.0. The number of carbonyl (C=O) groups excluding carboxylic acids is 2. The molecule has 10 nitrogen and oxygen atoms in total. The van der Waals surface area contributed by atoms with E-state index in [1.54, 1.807) is 13.3 Å². The number of pyridine rings is 1. The monoisotopic (exact) mass is 603 g/mol. The lowest BCUT2D eigenvalue weighted by Crippen LogP contribution is -2.41. The van der Waals surface area contributed by atoms with Gasteiger partial charge in [-0.3, -0.25) is 9.59 Å². The van der Waals surface area contributed by atoms with Crippen LogP contribution >= 0.6 is 0 Å². The first kappa shape index (κ1) is 27.8. The highest BCUT2D eigenvalue weighted by Gasteiger charge is 2.47. The normalized spacial score (nSPS) is 20.8. The molecular formula is C35H37N7O3. The van der Waals surface area contributed by atoms with Gasteiger partial charge < -0.3 is 29.8 Å². The van der Waals surface area contributed by atoms with Gasteiger partial charge in [-0.25, -0.2) is 9.97 Å². The number of amides is 2. The first-order valence-electron chi connectivity index (χ1n) is 15.8. The number of benzene rings is 2. The largest absolute Gasteiger partial charge is 0.494 e. The van der Waals surface area contributed by atoms with Crippen molar-refractivity contribution < 1.29 is 14.3 Å². The van der Waals surface area contributed by atoms with Gasteiger partial charge in [-0.15, -0.1) is 0 Å². The number of hydrogen-bond acceptors (Lipinski definition) is 6. The van der Waals surface area contributed by atoms with E-state index in [9.17, 15) is 9.59 Å². The van der Waals surface area contributed by atoms with E-state index in [1.165, 1.54) is 19.8 Å². The van der Waals surface area contributed by atoms with E-state index in [0.29, 0.717) is 29.0 Å². The number of fused-ring (bicyclic) bond motifs is 4. The van der Waals surface area contributed by atoms with Crippen LogP contribution in [0.15, 0.2) is 54.7 Å². The van der Waals surface area contributed by atoms with Gasteiger partial charge in [0.15, 0.2) is 5.82 Å². The van der Waals surface area contributed by atoms with E-state index in [1.807, 2.05) is 36.2 Å². The van der Waals surface area contributed by atoms with Crippen LogP contribution in [0.2, 0.25) is 0 Å². The Balaban J connectivity index is 1.20. The van der Waals surface area contributed by atoms with Crippen LogP contribution in [-0.2, 0) is 18.4 Å². The summed E-state index contributed by atoms with van der Waals surface area (Å²) in [6.45, 7) is 3.10. The van der Waals surface area contributed by atoms with Gasteiger partial charge in [-0.2, -0.15) is 0 Å². The molecule has 2 amide bonds. The fourth-order valence-electron chi connectivity index (χ4n) is 7.46. The van der Waals surface area contributed by atoms with Gasteiger partial charge in [-0.1, -0.05) is 12.1 Å². The summed E-state index contributed by atoms with van der Waals surface area (Å²) in [6.07, 6.45) is 6.30. The summed E-state index contributed by atoms with van der Waals surface area (Å²) in [5, 5.41) is 3.86. The molecule has 45 heavy (non-hydrogen) atoms. The van der Waals surface area contributed by atoms with Crippen molar-refractivity contribution in [2.24, 2.45) is 24.6 Å². The molecule has 3 N–H and O–H groups in total. The third-order valence-electron chi connectivity index (χ3n) is 9.99. The zero-order chi connectivity index (χ0) is 31.0. The number of hydrogen-bond donors (Lipinski definition) is 2. The second kappa shape index (κ2) is 10.4. The van der Waals surface area contributed by atoms with E-state index in [2.05, 4.69) is 43.7 Å². The van der Waals surface area contributed by atoms with Gasteiger partial charge in [0.1, 0.15) is 17.1 Å². The van der Waals surface area contributed by atoms with Crippen molar-refractivity contribution in [3.63, 3.8) is 0 Å². The van der Waals surface area contributed by atoms with E-state index in [4.69, 9.17) is 15.5 Å². The molecule has 230 valence electrons. The number of piperidine rings is 1. The molecule has 3 aliphatic rings. The number of anilines is 1. The molecule has 3 atom stereocenters. The SMILES string of the molecule is COc1cc(C(=O)N2CC3CCC2[C@@H]3N)cc2nc(-c3cc4ccc(-c5ccc(NC(C)=O)nc5)cc4n3CC3CC3)n(C)c12. The van der Waals surface area contributed by atoms with E-state index >= 15 is 0 Å². The van der Waals surface area contributed by atoms with Crippen molar-refractivity contribution in [1.29, 1.82) is 0 Å². The summed E-state index contributed by atoms with van der Waals surface area (Å²) in [4.78, 5) is 36.7. The van der Waals surface area contributed by atoms with Crippen LogP contribution in [0, 0.1) is 11.8 Å². The predicted molar refractivity (Wildman–Crippen MR) is 174 cm³/mol. The number of aryl methyl sites for hydroxylation is 1. The minimum absolute atomic E-state index is 0.0000248. The van der Waals surface area contributed by atoms with Gasteiger partial charge >= 0.3 is 0 Å². The molecule has 2 unspecified atom stereocenters. The Kier molecular flexibility index (Phi) is 6.46. The number of nitrogens with zero attached hydrogens (tertiary/aromatic N) is 5. The minimum atomic E-state index is -0.146. The standard InChI is InChI=1S/C35H37N7O3/c1-19(43)38-31-11-9-23(16-37-31)21-6-7-22-14-29(41(28(22)13-21)17-20-4-5-20)34-39-26-12-25(15-30(45-3)33(26)40(34)2)35(44)42-18-24-8-10-27(42)32(24)36/h6-7,9,11-16,20,24,27,32H,4-5,8,10,17-18,36H2,1-3H3,(H,37,38,43)/t24?,27?,32-/m1/s1. The molecule has 2 saturated carbocycles. The van der Waals surface area contributed by atoms with Crippen molar-refractivity contribution in [1.82, 2.24) is 24.0 Å². The lowest BCUT2D eigenvalue weighted by molar-refractivity contribution is -0.114. The second-order valence-corrected chi connectivity index (χ2v) is 13.0. The topological polar surface area (TPSA) is 120 Å². The van der Waals surface area contributed by atoms with Gasteiger partial charge in [-0.05, 0) is 79.5 Å². The van der Waals surface area contributed by atoms with E-state index < -0.39 is 0 Å². The van der Waals surface area contributed by atoms with Crippen LogP contribution in [0.25, 0.3) is 44.6 Å². The quantitative estimate of drug-likeness (QED) is 0.264. The summed E-state index contributed by atoms with van der Waals surface area (Å²) in [5.41, 5.74) is 12.8. The Labute approximate surface area is 261 Å². The number of likely N-dealkylation sites (tertiary alicyclic amines) is 1. The van der Waals surface area contributed by atoms with Crippen molar-refractivity contribution in [2.75, 3.05) is 19.0 Å². The van der Waals surface area contributed by atoms with Gasteiger partial charge in [0.2, 0.25) is 5.91 Å². The molecule has 3 fully saturated rings. The number of ether oxygens (including phenoxy) is 1. The smallest absolute Gasteiger partial charge is 0.254 e. The van der Waals surface area contributed by atoms with Crippen LogP contribution in [0.1, 0.15) is 43.0 Å². The highest BCUT2D eigenvalue weighted by atomic mass is 16.5. The number of nitrogens with two attached hydrogens (primary N) is 1. The molecule has 0 radical (unpaired) electrons. The van der Waals surface area contributed by atoms with Crippen LogP contribution in [0.4, 0.5) is 5.82 Å². The molecule has 1 aliphatic heterocycles. The highest BCUT2D eigenvalue weighted by molar-refractivity contribution is 6.01. The number of methoxy groups -OCH3 is 1. The fourth-order valence-corrected chi connectivity index (χ4v) is 7.46. The maximum Gasteiger partial charge on any atom is 0.254 e. The Morgan fingerprint density at radius 3 is 2.53 bits per heavy atom. The third-order valence-corrected chi connectivity index (χ3v) is 9.99. The van der Waals surface area contributed by atoms with Crippen molar-refractivity contribution >= 4 is 39.6 Å². The van der Waals surface area contributed by atoms with Crippen molar-refractivity contribution in [3.05, 3.63) is 60.3 Å². The fraction of sp³-hybridized carbons (Fsp3) is 0.371. The molecule has 5 aromatic rings. The van der Waals surface area contributed by atoms with E-state index in [-0.39, 0.29) is 23.9 Å². The van der Waals surface area contributed by atoms with Gasteiger partial charge in [0.25, 0.3) is 5.91 Å². The average Bonchev–Trinajstić information content (AvgIpc) is 3.44. The van der Waals surface area contributed by atoms with Crippen LogP contribution in [0.3, 0.4) is 0 Å². The molecule has 2 aliphatic carbocycles. The Bertz CT molecular complexity index is 1990. The molecular weight excluding hydrogens is 566 g/mol. The van der Waals surface area contributed by atoms with Crippen LogP contribution in [-0.4, -0.2) is 61.6 Å². The Morgan fingerprint density at radius 1 is 1.04 bits per heavy atom. The summed E-state index contributed by atoms with van der Waals surface area (Å²) < 4.78 is 10.3. The molecule has 1 saturated heterocycles. The number of imidazole rings is 1. The summed E-state index contributed by atoms with van der Waals surface area (Å²) in [5.74, 6) is 2.87. The first-order valence-corrected chi connectivity index (χ1v) is 15.8. The number of rotatable bonds is 7. The molecule has 2 bridgehead atoms. The molecule has 8 rings (SSSR count). The Hall–Kier alpha value is -4.70.